The zero-order valence-corrected chi connectivity index (χ0v) is 16.1. The van der Waals surface area contributed by atoms with Crippen LogP contribution in [0.3, 0.4) is 0 Å². The fourth-order valence-electron chi connectivity index (χ4n) is 6.29. The number of halogens is 1. The number of nitrogens with zero attached hydrogens (tertiary/aromatic N) is 1. The first-order chi connectivity index (χ1) is 12.6. The van der Waals surface area contributed by atoms with E-state index in [1.54, 1.807) is 12.1 Å². The highest BCUT2D eigenvalue weighted by Gasteiger charge is 2.38. The summed E-state index contributed by atoms with van der Waals surface area (Å²) in [5.74, 6) is 4.82. The molecule has 0 bridgehead atoms. The van der Waals surface area contributed by atoms with Crippen LogP contribution in [0, 0.1) is 46.7 Å². The summed E-state index contributed by atoms with van der Waals surface area (Å²) in [6, 6.07) is 7.21. The van der Waals surface area contributed by atoms with Crippen molar-refractivity contribution in [1.29, 1.82) is 5.26 Å². The van der Waals surface area contributed by atoms with Gasteiger partial charge < -0.3 is 0 Å². The predicted octanol–water partition coefficient (Wildman–Crippen LogP) is 6.82. The summed E-state index contributed by atoms with van der Waals surface area (Å²) in [4.78, 5) is 0. The van der Waals surface area contributed by atoms with Crippen LogP contribution in [0.2, 0.25) is 0 Å². The van der Waals surface area contributed by atoms with Crippen LogP contribution < -0.4 is 0 Å². The van der Waals surface area contributed by atoms with Crippen molar-refractivity contribution in [3.63, 3.8) is 0 Å². The van der Waals surface area contributed by atoms with Crippen LogP contribution in [-0.2, 0) is 0 Å². The third kappa shape index (κ3) is 3.68. The van der Waals surface area contributed by atoms with Gasteiger partial charge in [-0.05, 0) is 105 Å². The molecule has 4 atom stereocenters. The fraction of sp³-hybridized carbons (Fsp3) is 0.708. The van der Waals surface area contributed by atoms with Gasteiger partial charge in [-0.3, -0.25) is 0 Å². The normalized spacial score (nSPS) is 37.6. The maximum atomic E-state index is 14.0. The summed E-state index contributed by atoms with van der Waals surface area (Å²) in [6.07, 6.45) is 13.8. The quantitative estimate of drug-likeness (QED) is 0.572. The summed E-state index contributed by atoms with van der Waals surface area (Å²) in [5.41, 5.74) is 1.29. The van der Waals surface area contributed by atoms with Gasteiger partial charge in [-0.2, -0.15) is 5.26 Å². The molecule has 3 aliphatic rings. The highest BCUT2D eigenvalue weighted by molar-refractivity contribution is 5.35. The predicted molar refractivity (Wildman–Crippen MR) is 103 cm³/mol. The van der Waals surface area contributed by atoms with E-state index in [0.717, 1.165) is 35.2 Å². The summed E-state index contributed by atoms with van der Waals surface area (Å²) >= 11 is 0. The van der Waals surface area contributed by atoms with Gasteiger partial charge in [0.1, 0.15) is 11.9 Å². The third-order valence-electron chi connectivity index (χ3n) is 7.97. The van der Waals surface area contributed by atoms with Crippen molar-refractivity contribution >= 4 is 0 Å². The Bertz CT molecular complexity index is 667. The topological polar surface area (TPSA) is 23.8 Å². The largest absolute Gasteiger partial charge is 0.206 e. The molecule has 1 nitrogen and oxygen atoms in total. The molecule has 0 aromatic heterocycles. The average Bonchev–Trinajstić information content (AvgIpc) is 2.67. The van der Waals surface area contributed by atoms with Gasteiger partial charge in [-0.1, -0.05) is 25.8 Å². The number of nitriles is 1. The Morgan fingerprint density at radius 2 is 1.46 bits per heavy atom. The SMILES string of the molecule is CC1CCC(C2CCC3CC(c4ccc(C#N)c(F)c4)CCC3C2)CC1. The van der Waals surface area contributed by atoms with Crippen molar-refractivity contribution in [1.82, 2.24) is 0 Å². The van der Waals surface area contributed by atoms with Crippen LogP contribution in [0.1, 0.15) is 88.2 Å². The standard InChI is InChI=1S/C24H32FN/c1-16-2-4-17(5-3-16)18-6-7-20-13-21(9-8-19(20)12-18)22-10-11-23(15-26)24(25)14-22/h10-11,14,16-21H,2-9,12-13H2,1H3. The zero-order valence-electron chi connectivity index (χ0n) is 16.1. The summed E-state index contributed by atoms with van der Waals surface area (Å²) in [5, 5.41) is 8.93. The van der Waals surface area contributed by atoms with E-state index in [4.69, 9.17) is 5.26 Å². The first kappa shape index (κ1) is 18.0. The molecule has 1 aromatic rings. The molecule has 3 fully saturated rings. The molecule has 3 aliphatic carbocycles. The Morgan fingerprint density at radius 1 is 0.846 bits per heavy atom. The van der Waals surface area contributed by atoms with Crippen molar-refractivity contribution in [2.45, 2.75) is 77.0 Å². The lowest BCUT2D eigenvalue weighted by atomic mass is 9.60. The van der Waals surface area contributed by atoms with Crippen molar-refractivity contribution < 1.29 is 4.39 Å². The minimum Gasteiger partial charge on any atom is -0.206 e. The second-order valence-electron chi connectivity index (χ2n) is 9.47. The Labute approximate surface area is 158 Å². The number of fused-ring (bicyclic) bond motifs is 1. The summed E-state index contributed by atoms with van der Waals surface area (Å²) < 4.78 is 14.0. The fourth-order valence-corrected chi connectivity index (χ4v) is 6.29. The van der Waals surface area contributed by atoms with Crippen LogP contribution >= 0.6 is 0 Å². The lowest BCUT2D eigenvalue weighted by Crippen LogP contribution is -2.34. The van der Waals surface area contributed by atoms with Crippen LogP contribution in [0.5, 0.6) is 0 Å². The number of rotatable bonds is 2. The van der Waals surface area contributed by atoms with Crippen molar-refractivity contribution in [2.75, 3.05) is 0 Å². The third-order valence-corrected chi connectivity index (χ3v) is 7.97. The van der Waals surface area contributed by atoms with E-state index in [0.29, 0.717) is 5.92 Å². The molecule has 140 valence electrons. The maximum absolute atomic E-state index is 14.0. The molecule has 0 amide bonds. The first-order valence-electron chi connectivity index (χ1n) is 10.8. The van der Waals surface area contributed by atoms with Gasteiger partial charge in [-0.15, -0.1) is 0 Å². The molecule has 0 spiro atoms. The van der Waals surface area contributed by atoms with E-state index in [2.05, 4.69) is 6.92 Å². The van der Waals surface area contributed by atoms with E-state index in [9.17, 15) is 4.39 Å². The number of hydrogen-bond donors (Lipinski definition) is 0. The van der Waals surface area contributed by atoms with Gasteiger partial charge >= 0.3 is 0 Å². The van der Waals surface area contributed by atoms with Crippen LogP contribution in [0.15, 0.2) is 18.2 Å². The minimum atomic E-state index is -0.345. The van der Waals surface area contributed by atoms with Crippen LogP contribution in [0.25, 0.3) is 0 Å². The lowest BCUT2D eigenvalue weighted by Gasteiger charge is -2.45. The smallest absolute Gasteiger partial charge is 0.141 e. The molecular weight excluding hydrogens is 321 g/mol. The molecule has 4 rings (SSSR count). The summed E-state index contributed by atoms with van der Waals surface area (Å²) in [6.45, 7) is 2.42. The van der Waals surface area contributed by atoms with Crippen molar-refractivity contribution in [2.24, 2.45) is 29.6 Å². The van der Waals surface area contributed by atoms with Gasteiger partial charge in [0.25, 0.3) is 0 Å². The van der Waals surface area contributed by atoms with Gasteiger partial charge in [0, 0.05) is 0 Å². The molecule has 4 unspecified atom stereocenters. The zero-order chi connectivity index (χ0) is 18.1. The molecule has 0 heterocycles. The summed E-state index contributed by atoms with van der Waals surface area (Å²) in [7, 11) is 0. The number of benzene rings is 1. The van der Waals surface area contributed by atoms with E-state index < -0.39 is 0 Å². The Balaban J connectivity index is 1.36. The maximum Gasteiger partial charge on any atom is 0.141 e. The molecule has 0 aliphatic heterocycles. The van der Waals surface area contributed by atoms with Gasteiger partial charge in [0.2, 0.25) is 0 Å². The average molecular weight is 354 g/mol. The van der Waals surface area contributed by atoms with Crippen molar-refractivity contribution in [3.05, 3.63) is 35.1 Å². The van der Waals surface area contributed by atoms with Crippen LogP contribution in [-0.4, -0.2) is 0 Å². The highest BCUT2D eigenvalue weighted by atomic mass is 19.1. The first-order valence-corrected chi connectivity index (χ1v) is 10.8. The minimum absolute atomic E-state index is 0.171. The molecular formula is C24H32FN. The van der Waals surface area contributed by atoms with E-state index in [-0.39, 0.29) is 11.4 Å². The van der Waals surface area contributed by atoms with Crippen molar-refractivity contribution in [3.8, 4) is 6.07 Å². The van der Waals surface area contributed by atoms with Crippen LogP contribution in [0.4, 0.5) is 4.39 Å². The van der Waals surface area contributed by atoms with E-state index >= 15 is 0 Å². The van der Waals surface area contributed by atoms with E-state index in [1.807, 2.05) is 12.1 Å². The Hall–Kier alpha value is -1.36. The molecule has 0 saturated heterocycles. The molecule has 26 heavy (non-hydrogen) atoms. The molecule has 0 radical (unpaired) electrons. The Morgan fingerprint density at radius 3 is 2.15 bits per heavy atom. The molecule has 3 saturated carbocycles. The molecule has 0 N–H and O–H groups in total. The van der Waals surface area contributed by atoms with Gasteiger partial charge in [0.05, 0.1) is 5.56 Å². The number of hydrogen-bond acceptors (Lipinski definition) is 1. The second-order valence-corrected chi connectivity index (χ2v) is 9.47. The highest BCUT2D eigenvalue weighted by Crippen LogP contribution is 2.50. The van der Waals surface area contributed by atoms with E-state index in [1.165, 1.54) is 64.2 Å². The van der Waals surface area contributed by atoms with Gasteiger partial charge in [0.15, 0.2) is 0 Å². The second kappa shape index (κ2) is 7.71. The Kier molecular flexibility index (Phi) is 5.35. The van der Waals surface area contributed by atoms with Gasteiger partial charge in [-0.25, -0.2) is 4.39 Å². The monoisotopic (exact) mass is 353 g/mol. The lowest BCUT2D eigenvalue weighted by molar-refractivity contribution is 0.0732. The molecule has 1 aromatic carbocycles. The molecule has 2 heteroatoms.